The maximum absolute atomic E-state index is 12.5. The zero-order valence-corrected chi connectivity index (χ0v) is 22.9. The fourth-order valence-electron chi connectivity index (χ4n) is 4.57. The monoisotopic (exact) mass is 503 g/mol. The van der Waals surface area contributed by atoms with Gasteiger partial charge in [-0.05, 0) is 68.9 Å². The molecule has 6 nitrogen and oxygen atoms in total. The predicted molar refractivity (Wildman–Crippen MR) is 147 cm³/mol. The predicted octanol–water partition coefficient (Wildman–Crippen LogP) is 6.67. The van der Waals surface area contributed by atoms with Crippen molar-refractivity contribution in [3.05, 3.63) is 83.2 Å². The lowest BCUT2D eigenvalue weighted by molar-refractivity contribution is 0.0204. The number of benzene rings is 2. The summed E-state index contributed by atoms with van der Waals surface area (Å²) in [6.07, 6.45) is 2.40. The third-order valence-electron chi connectivity index (χ3n) is 6.51. The fourth-order valence-corrected chi connectivity index (χ4v) is 4.57. The average Bonchev–Trinajstić information content (AvgIpc) is 3.25. The summed E-state index contributed by atoms with van der Waals surface area (Å²) >= 11 is 0. The van der Waals surface area contributed by atoms with Gasteiger partial charge in [0.1, 0.15) is 11.4 Å². The number of carbonyl (C=O) groups excluding carboxylic acids is 1. The number of carbonyl (C=O) groups is 1. The summed E-state index contributed by atoms with van der Waals surface area (Å²) in [5, 5.41) is 5.09. The minimum atomic E-state index is -0.474. The van der Waals surface area contributed by atoms with E-state index in [4.69, 9.17) is 14.6 Å². The largest absolute Gasteiger partial charge is 0.493 e. The molecular weight excluding hydrogens is 462 g/mol. The van der Waals surface area contributed by atoms with Crippen molar-refractivity contribution in [3.8, 4) is 5.75 Å². The maximum Gasteiger partial charge on any atom is 0.410 e. The van der Waals surface area contributed by atoms with E-state index in [1.54, 1.807) is 0 Å². The number of piperidine rings is 1. The van der Waals surface area contributed by atoms with Crippen molar-refractivity contribution >= 4 is 6.09 Å². The van der Waals surface area contributed by atoms with Crippen molar-refractivity contribution in [2.45, 2.75) is 71.9 Å². The highest BCUT2D eigenvalue weighted by atomic mass is 16.6. The Bertz CT molecular complexity index is 1140. The Morgan fingerprint density at radius 3 is 2.30 bits per heavy atom. The summed E-state index contributed by atoms with van der Waals surface area (Å²) < 4.78 is 13.6. The van der Waals surface area contributed by atoms with Crippen LogP contribution in [0.15, 0.2) is 60.7 Å². The van der Waals surface area contributed by atoms with Gasteiger partial charge in [-0.3, -0.25) is 4.68 Å². The number of amides is 1. The summed E-state index contributed by atoms with van der Waals surface area (Å²) in [5.41, 5.74) is 4.31. The highest BCUT2D eigenvalue weighted by Crippen LogP contribution is 2.29. The number of rotatable bonds is 8. The zero-order chi connectivity index (χ0) is 26.4. The Hall–Kier alpha value is -3.28. The van der Waals surface area contributed by atoms with E-state index in [0.717, 1.165) is 37.3 Å². The number of nitrogens with zero attached hydrogens (tertiary/aromatic N) is 3. The van der Waals surface area contributed by atoms with Crippen molar-refractivity contribution in [1.29, 1.82) is 0 Å². The highest BCUT2D eigenvalue weighted by molar-refractivity contribution is 5.68. The van der Waals surface area contributed by atoms with Crippen LogP contribution in [-0.2, 0) is 17.7 Å². The van der Waals surface area contributed by atoms with Gasteiger partial charge in [-0.1, -0.05) is 56.3 Å². The molecule has 1 aliphatic rings. The minimum Gasteiger partial charge on any atom is -0.493 e. The van der Waals surface area contributed by atoms with Crippen LogP contribution in [0.3, 0.4) is 0 Å². The SMILES string of the molecule is CC(C)COc1ccc(Cn2nc(C3CCN(C(=O)OC(C)(C)C)CC3)cc2Cc2ccccc2)cc1. The summed E-state index contributed by atoms with van der Waals surface area (Å²) in [4.78, 5) is 14.3. The molecule has 0 saturated carbocycles. The molecule has 2 heterocycles. The number of hydrogen-bond donors (Lipinski definition) is 0. The van der Waals surface area contributed by atoms with Gasteiger partial charge in [-0.15, -0.1) is 0 Å². The molecule has 0 atom stereocenters. The Morgan fingerprint density at radius 1 is 1.00 bits per heavy atom. The molecule has 0 bridgehead atoms. The number of likely N-dealkylation sites (tertiary alicyclic amines) is 1. The second-order valence-corrected chi connectivity index (χ2v) is 11.5. The van der Waals surface area contributed by atoms with Gasteiger partial charge in [0.2, 0.25) is 0 Å². The lowest BCUT2D eigenvalue weighted by atomic mass is 9.93. The molecule has 37 heavy (non-hydrogen) atoms. The third kappa shape index (κ3) is 7.85. The molecule has 1 aliphatic heterocycles. The molecule has 0 aliphatic carbocycles. The van der Waals surface area contributed by atoms with Gasteiger partial charge in [-0.25, -0.2) is 4.79 Å². The fraction of sp³-hybridized carbons (Fsp3) is 0.484. The molecule has 1 fully saturated rings. The van der Waals surface area contributed by atoms with Crippen LogP contribution >= 0.6 is 0 Å². The van der Waals surface area contributed by atoms with E-state index in [9.17, 15) is 4.79 Å². The molecule has 0 spiro atoms. The maximum atomic E-state index is 12.5. The molecule has 0 radical (unpaired) electrons. The first-order valence-corrected chi connectivity index (χ1v) is 13.5. The topological polar surface area (TPSA) is 56.6 Å². The van der Waals surface area contributed by atoms with Crippen molar-refractivity contribution < 1.29 is 14.3 Å². The first-order valence-electron chi connectivity index (χ1n) is 13.5. The number of ether oxygens (including phenoxy) is 2. The highest BCUT2D eigenvalue weighted by Gasteiger charge is 2.29. The molecule has 0 unspecified atom stereocenters. The van der Waals surface area contributed by atoms with Crippen LogP contribution in [0.25, 0.3) is 0 Å². The summed E-state index contributed by atoms with van der Waals surface area (Å²) in [7, 11) is 0. The lowest BCUT2D eigenvalue weighted by Crippen LogP contribution is -2.41. The van der Waals surface area contributed by atoms with Crippen molar-refractivity contribution in [3.63, 3.8) is 0 Å². The van der Waals surface area contributed by atoms with E-state index in [-0.39, 0.29) is 6.09 Å². The van der Waals surface area contributed by atoms with E-state index in [1.165, 1.54) is 16.8 Å². The van der Waals surface area contributed by atoms with Crippen LogP contribution in [0.5, 0.6) is 5.75 Å². The van der Waals surface area contributed by atoms with Gasteiger partial charge >= 0.3 is 6.09 Å². The molecule has 4 rings (SSSR count). The van der Waals surface area contributed by atoms with Crippen LogP contribution in [0.4, 0.5) is 4.79 Å². The first-order chi connectivity index (χ1) is 17.7. The van der Waals surface area contributed by atoms with Crippen molar-refractivity contribution in [2.24, 2.45) is 5.92 Å². The van der Waals surface area contributed by atoms with Gasteiger partial charge in [0, 0.05) is 31.1 Å². The number of hydrogen-bond acceptors (Lipinski definition) is 4. The van der Waals surface area contributed by atoms with Crippen LogP contribution < -0.4 is 4.74 Å². The lowest BCUT2D eigenvalue weighted by Gasteiger charge is -2.32. The van der Waals surface area contributed by atoms with Crippen molar-refractivity contribution in [1.82, 2.24) is 14.7 Å². The van der Waals surface area contributed by atoms with E-state index in [0.29, 0.717) is 31.5 Å². The zero-order valence-electron chi connectivity index (χ0n) is 22.9. The van der Waals surface area contributed by atoms with Gasteiger partial charge < -0.3 is 14.4 Å². The van der Waals surface area contributed by atoms with E-state index < -0.39 is 5.60 Å². The quantitative estimate of drug-likeness (QED) is 0.344. The number of aromatic nitrogens is 2. The molecule has 1 saturated heterocycles. The molecular formula is C31H41N3O3. The van der Waals surface area contributed by atoms with Crippen LogP contribution in [0.1, 0.15) is 75.9 Å². The third-order valence-corrected chi connectivity index (χ3v) is 6.51. The van der Waals surface area contributed by atoms with Gasteiger partial charge in [-0.2, -0.15) is 5.10 Å². The van der Waals surface area contributed by atoms with Crippen LogP contribution in [-0.4, -0.2) is 46.1 Å². The first kappa shape index (κ1) is 26.8. The average molecular weight is 504 g/mol. The Labute approximate surface area is 221 Å². The standard InChI is InChI=1S/C31H41N3O3/c1-23(2)22-36-28-13-11-25(12-14-28)21-34-27(19-24-9-7-6-8-10-24)20-29(32-34)26-15-17-33(18-16-26)30(35)37-31(3,4)5/h6-14,20,23,26H,15-19,21-22H2,1-5H3. The van der Waals surface area contributed by atoms with E-state index >= 15 is 0 Å². The van der Waals surface area contributed by atoms with Gasteiger partial charge in [0.05, 0.1) is 18.8 Å². The van der Waals surface area contributed by atoms with Gasteiger partial charge in [0.15, 0.2) is 0 Å². The van der Waals surface area contributed by atoms with Crippen molar-refractivity contribution in [2.75, 3.05) is 19.7 Å². The summed E-state index contributed by atoms with van der Waals surface area (Å²) in [5.74, 6) is 1.74. The molecule has 3 aromatic rings. The summed E-state index contributed by atoms with van der Waals surface area (Å²) in [6, 6.07) is 21.2. The van der Waals surface area contributed by atoms with Crippen LogP contribution in [0, 0.1) is 5.92 Å². The molecule has 6 heteroatoms. The van der Waals surface area contributed by atoms with E-state index in [2.05, 4.69) is 61.0 Å². The Kier molecular flexibility index (Phi) is 8.57. The summed E-state index contributed by atoms with van der Waals surface area (Å²) in [6.45, 7) is 12.8. The van der Waals surface area contributed by atoms with Gasteiger partial charge in [0.25, 0.3) is 0 Å². The molecule has 2 aromatic carbocycles. The minimum absolute atomic E-state index is 0.220. The molecule has 1 amide bonds. The second kappa shape index (κ2) is 11.8. The second-order valence-electron chi connectivity index (χ2n) is 11.5. The molecule has 1 aromatic heterocycles. The normalized spacial score (nSPS) is 14.7. The van der Waals surface area contributed by atoms with E-state index in [1.807, 2.05) is 43.9 Å². The van der Waals surface area contributed by atoms with Crippen LogP contribution in [0.2, 0.25) is 0 Å². The Morgan fingerprint density at radius 2 is 1.68 bits per heavy atom. The molecule has 0 N–H and O–H groups in total. The molecule has 198 valence electrons. The Balaban J connectivity index is 1.47. The smallest absolute Gasteiger partial charge is 0.410 e.